The van der Waals surface area contributed by atoms with Gasteiger partial charge >= 0.3 is 0 Å². The van der Waals surface area contributed by atoms with E-state index in [2.05, 4.69) is 32.0 Å². The largest absolute Gasteiger partial charge is 0.334 e. The van der Waals surface area contributed by atoms with Crippen molar-refractivity contribution in [2.45, 2.75) is 31.3 Å². The highest BCUT2D eigenvalue weighted by Crippen LogP contribution is 2.27. The van der Waals surface area contributed by atoms with Crippen LogP contribution in [0, 0.1) is 13.8 Å². The van der Waals surface area contributed by atoms with E-state index in [0.717, 1.165) is 28.2 Å². The lowest BCUT2D eigenvalue weighted by Crippen LogP contribution is -2.17. The Hall–Kier alpha value is -3.30. The Labute approximate surface area is 194 Å². The van der Waals surface area contributed by atoms with Gasteiger partial charge in [-0.05, 0) is 43.7 Å². The van der Waals surface area contributed by atoms with E-state index in [-0.39, 0.29) is 0 Å². The van der Waals surface area contributed by atoms with Crippen LogP contribution in [0.3, 0.4) is 0 Å². The number of imidazole rings is 1. The summed E-state index contributed by atoms with van der Waals surface area (Å²) in [5.74, 6) is 8.26. The molecular weight excluding hydrogens is 444 g/mol. The van der Waals surface area contributed by atoms with Crippen LogP contribution in [-0.4, -0.2) is 34.2 Å². The molecule has 0 saturated carbocycles. The van der Waals surface area contributed by atoms with Crippen molar-refractivity contribution in [2.24, 2.45) is 0 Å². The molecule has 0 aliphatic carbocycles. The number of hydrogen-bond donors (Lipinski definition) is 1. The van der Waals surface area contributed by atoms with Crippen LogP contribution in [0.5, 0.6) is 0 Å². The van der Waals surface area contributed by atoms with Crippen LogP contribution in [0.15, 0.2) is 59.8 Å². The molecule has 8 nitrogen and oxygen atoms in total. The average Bonchev–Trinajstić information content (AvgIpc) is 3.41. The molecule has 32 heavy (non-hydrogen) atoms. The number of nitrogen functional groups attached to an aromatic ring is 1. The summed E-state index contributed by atoms with van der Waals surface area (Å²) in [6.45, 7) is 4.60. The molecule has 0 amide bonds. The molecule has 0 spiro atoms. The van der Waals surface area contributed by atoms with Gasteiger partial charge in [0.2, 0.25) is 5.16 Å². The molecule has 0 radical (unpaired) electrons. The van der Waals surface area contributed by atoms with Gasteiger partial charge in [0.25, 0.3) is 5.95 Å². The van der Waals surface area contributed by atoms with Crippen LogP contribution in [-0.2, 0) is 12.3 Å². The third kappa shape index (κ3) is 3.85. The summed E-state index contributed by atoms with van der Waals surface area (Å²) in [7, 11) is 0. The Balaban J connectivity index is 1.46. The number of benzene rings is 2. The summed E-state index contributed by atoms with van der Waals surface area (Å²) in [6, 6.07) is 18.1. The molecule has 0 bridgehead atoms. The maximum atomic E-state index is 6.30. The van der Waals surface area contributed by atoms with Gasteiger partial charge < -0.3 is 10.4 Å². The van der Waals surface area contributed by atoms with Gasteiger partial charge in [-0.15, -0.1) is 10.2 Å². The van der Waals surface area contributed by atoms with E-state index in [9.17, 15) is 0 Å². The van der Waals surface area contributed by atoms with Crippen molar-refractivity contribution >= 4 is 34.4 Å². The lowest BCUT2D eigenvalue weighted by molar-refractivity contribution is 0.726. The molecule has 3 aromatic heterocycles. The number of aryl methyl sites for hydroxylation is 2. The second kappa shape index (κ2) is 8.33. The van der Waals surface area contributed by atoms with Crippen LogP contribution in [0.1, 0.15) is 22.8 Å². The van der Waals surface area contributed by atoms with Crippen molar-refractivity contribution in [3.8, 4) is 5.95 Å². The minimum absolute atomic E-state index is 0.475. The fourth-order valence-corrected chi connectivity index (χ4v) is 4.64. The zero-order chi connectivity index (χ0) is 22.2. The number of nitrogens with zero attached hydrogens (tertiary/aromatic N) is 7. The zero-order valence-corrected chi connectivity index (χ0v) is 19.2. The quantitative estimate of drug-likeness (QED) is 0.300. The highest BCUT2D eigenvalue weighted by atomic mass is 35.5. The molecule has 5 aromatic rings. The number of thioether (sulfide) groups is 1. The number of rotatable bonds is 6. The lowest BCUT2D eigenvalue weighted by Gasteiger charge is -2.09. The van der Waals surface area contributed by atoms with Crippen LogP contribution < -0.4 is 5.84 Å². The predicted octanol–water partition coefficient (Wildman–Crippen LogP) is 4.14. The first-order chi connectivity index (χ1) is 15.5. The van der Waals surface area contributed by atoms with E-state index in [1.165, 1.54) is 22.0 Å². The molecule has 3 heterocycles. The molecule has 162 valence electrons. The van der Waals surface area contributed by atoms with E-state index in [1.54, 1.807) is 4.68 Å². The van der Waals surface area contributed by atoms with Gasteiger partial charge in [0, 0.05) is 17.3 Å². The van der Waals surface area contributed by atoms with Crippen molar-refractivity contribution in [1.29, 1.82) is 0 Å². The number of nitrogens with two attached hydrogens (primary N) is 1. The van der Waals surface area contributed by atoms with Gasteiger partial charge in [0.15, 0.2) is 0 Å². The maximum Gasteiger partial charge on any atom is 0.271 e. The lowest BCUT2D eigenvalue weighted by atomic mass is 10.2. The molecule has 10 heteroatoms. The Kier molecular flexibility index (Phi) is 5.36. The first-order valence-corrected chi connectivity index (χ1v) is 11.4. The molecule has 0 aliphatic heterocycles. The Morgan fingerprint density at radius 1 is 1.03 bits per heavy atom. The monoisotopic (exact) mass is 464 g/mol. The normalized spacial score (nSPS) is 11.5. The highest BCUT2D eigenvalue weighted by Gasteiger charge is 2.17. The highest BCUT2D eigenvalue weighted by molar-refractivity contribution is 7.98. The van der Waals surface area contributed by atoms with Crippen LogP contribution in [0.2, 0.25) is 5.02 Å². The Morgan fingerprint density at radius 3 is 2.59 bits per heavy atom. The third-order valence-corrected chi connectivity index (χ3v) is 6.32. The summed E-state index contributed by atoms with van der Waals surface area (Å²) < 4.78 is 5.36. The summed E-state index contributed by atoms with van der Waals surface area (Å²) in [4.78, 5) is 4.84. The Bertz CT molecular complexity index is 1400. The summed E-state index contributed by atoms with van der Waals surface area (Å²) in [5, 5.41) is 14.2. The minimum Gasteiger partial charge on any atom is -0.334 e. The van der Waals surface area contributed by atoms with Crippen molar-refractivity contribution in [3.05, 3.63) is 82.4 Å². The second-order valence-corrected chi connectivity index (χ2v) is 8.89. The SMILES string of the molecule is Cc1cc(C)n(-c2nnc(SCc3nc4cc(Cl)ccc4n3Cc3ccccc3)n2N)n1. The summed E-state index contributed by atoms with van der Waals surface area (Å²) in [5.41, 5.74) is 4.93. The van der Waals surface area contributed by atoms with E-state index < -0.39 is 0 Å². The van der Waals surface area contributed by atoms with Crippen LogP contribution in [0.25, 0.3) is 17.0 Å². The van der Waals surface area contributed by atoms with E-state index >= 15 is 0 Å². The molecule has 5 rings (SSSR count). The molecule has 0 atom stereocenters. The fourth-order valence-electron chi connectivity index (χ4n) is 3.68. The first-order valence-electron chi connectivity index (χ1n) is 10.0. The zero-order valence-electron chi connectivity index (χ0n) is 17.6. The van der Waals surface area contributed by atoms with Gasteiger partial charge in [0.1, 0.15) is 5.82 Å². The maximum absolute atomic E-state index is 6.30. The minimum atomic E-state index is 0.475. The van der Waals surface area contributed by atoms with Crippen LogP contribution >= 0.6 is 23.4 Å². The molecule has 0 unspecified atom stereocenters. The topological polar surface area (TPSA) is 92.4 Å². The van der Waals surface area contributed by atoms with Gasteiger partial charge in [-0.1, -0.05) is 53.7 Å². The van der Waals surface area contributed by atoms with Gasteiger partial charge in [-0.3, -0.25) is 0 Å². The van der Waals surface area contributed by atoms with Crippen molar-refractivity contribution in [1.82, 2.24) is 34.2 Å². The van der Waals surface area contributed by atoms with Gasteiger partial charge in [0.05, 0.1) is 22.5 Å². The number of aromatic nitrogens is 7. The molecule has 0 aliphatic rings. The second-order valence-electron chi connectivity index (χ2n) is 7.51. The van der Waals surface area contributed by atoms with Gasteiger partial charge in [-0.2, -0.15) is 5.10 Å². The predicted molar refractivity (Wildman–Crippen MR) is 127 cm³/mol. The fraction of sp³-hybridized carbons (Fsp3) is 0.182. The molecule has 0 fully saturated rings. The summed E-state index contributed by atoms with van der Waals surface area (Å²) in [6.07, 6.45) is 0. The molecule has 2 aromatic carbocycles. The molecule has 0 saturated heterocycles. The first kappa shape index (κ1) is 20.6. The smallest absolute Gasteiger partial charge is 0.271 e. The number of hydrogen-bond acceptors (Lipinski definition) is 6. The average molecular weight is 465 g/mol. The van der Waals surface area contributed by atoms with E-state index in [1.807, 2.05) is 56.3 Å². The van der Waals surface area contributed by atoms with E-state index in [4.69, 9.17) is 22.4 Å². The Morgan fingerprint density at radius 2 is 1.84 bits per heavy atom. The summed E-state index contributed by atoms with van der Waals surface area (Å²) >= 11 is 7.69. The number of fused-ring (bicyclic) bond motifs is 1. The van der Waals surface area contributed by atoms with Gasteiger partial charge in [-0.25, -0.2) is 14.3 Å². The van der Waals surface area contributed by atoms with E-state index in [0.29, 0.717) is 28.4 Å². The van der Waals surface area contributed by atoms with Crippen molar-refractivity contribution < 1.29 is 0 Å². The molecule has 2 N–H and O–H groups in total. The van der Waals surface area contributed by atoms with Crippen LogP contribution in [0.4, 0.5) is 0 Å². The number of halogens is 1. The third-order valence-electron chi connectivity index (χ3n) is 5.15. The van der Waals surface area contributed by atoms with Crippen molar-refractivity contribution in [2.75, 3.05) is 5.84 Å². The van der Waals surface area contributed by atoms with Crippen molar-refractivity contribution in [3.63, 3.8) is 0 Å². The standard InChI is InChI=1S/C22H21ClN8S/c1-14-10-15(2)31(28-14)21-26-27-22(30(21)24)32-13-20-25-18-11-17(23)8-9-19(18)29(20)12-16-6-4-3-5-7-16/h3-11H,12-13,24H2,1-2H3. The molecular formula is C22H21ClN8S.